The van der Waals surface area contributed by atoms with Crippen LogP contribution in [-0.4, -0.2) is 18.0 Å². The van der Waals surface area contributed by atoms with Gasteiger partial charge in [0, 0.05) is 11.8 Å². The number of benzene rings is 2. The van der Waals surface area contributed by atoms with Crippen LogP contribution in [0.2, 0.25) is 0 Å². The molecular formula is C17H17F2N3O2. The highest BCUT2D eigenvalue weighted by molar-refractivity contribution is 5.99. The number of amides is 3. The summed E-state index contributed by atoms with van der Waals surface area (Å²) < 4.78 is 26.3. The highest BCUT2D eigenvalue weighted by atomic mass is 19.1. The Kier molecular flexibility index (Phi) is 5.47. The largest absolute Gasteiger partial charge is 0.326 e. The average molecular weight is 333 g/mol. The number of halogens is 2. The minimum Gasteiger partial charge on any atom is -0.326 e. The summed E-state index contributed by atoms with van der Waals surface area (Å²) in [5.41, 5.74) is 1.34. The van der Waals surface area contributed by atoms with E-state index in [2.05, 4.69) is 16.0 Å². The molecule has 0 aliphatic heterocycles. The Hall–Kier alpha value is -2.96. The second-order valence-corrected chi connectivity index (χ2v) is 5.25. The zero-order valence-electron chi connectivity index (χ0n) is 13.2. The standard InChI is InChI=1S/C17H17F2N3O2/c1-10-5-3-4-6-14(10)21-16(23)11(2)20-17(24)22-15-8-7-12(18)9-13(15)19/h3-9,11H,1-2H3,(H,21,23)(H2,20,22,24). The van der Waals surface area contributed by atoms with Crippen LogP contribution in [0, 0.1) is 18.6 Å². The molecule has 0 bridgehead atoms. The maximum atomic E-state index is 13.5. The summed E-state index contributed by atoms with van der Waals surface area (Å²) in [6, 6.07) is 8.37. The molecule has 3 N–H and O–H groups in total. The highest BCUT2D eigenvalue weighted by Gasteiger charge is 2.17. The first-order valence-electron chi connectivity index (χ1n) is 7.26. The predicted molar refractivity (Wildman–Crippen MR) is 87.8 cm³/mol. The number of carbonyl (C=O) groups is 2. The minimum absolute atomic E-state index is 0.180. The van der Waals surface area contributed by atoms with Gasteiger partial charge in [0.25, 0.3) is 0 Å². The van der Waals surface area contributed by atoms with Crippen LogP contribution < -0.4 is 16.0 Å². The van der Waals surface area contributed by atoms with E-state index in [1.807, 2.05) is 19.1 Å². The lowest BCUT2D eigenvalue weighted by molar-refractivity contribution is -0.117. The van der Waals surface area contributed by atoms with Crippen LogP contribution >= 0.6 is 0 Å². The van der Waals surface area contributed by atoms with Gasteiger partial charge in [0.1, 0.15) is 17.7 Å². The summed E-state index contributed by atoms with van der Waals surface area (Å²) >= 11 is 0. The van der Waals surface area contributed by atoms with Crippen molar-refractivity contribution in [3.8, 4) is 0 Å². The van der Waals surface area contributed by atoms with E-state index in [-0.39, 0.29) is 5.69 Å². The average Bonchev–Trinajstić information content (AvgIpc) is 2.52. The summed E-state index contributed by atoms with van der Waals surface area (Å²) in [6.45, 7) is 3.34. The quantitative estimate of drug-likeness (QED) is 0.802. The van der Waals surface area contributed by atoms with E-state index in [0.29, 0.717) is 11.8 Å². The third-order valence-electron chi connectivity index (χ3n) is 3.32. The number of urea groups is 1. The number of hydrogen-bond donors (Lipinski definition) is 3. The Balaban J connectivity index is 1.93. The number of rotatable bonds is 4. The van der Waals surface area contributed by atoms with Crippen LogP contribution in [0.5, 0.6) is 0 Å². The van der Waals surface area contributed by atoms with Crippen molar-refractivity contribution >= 4 is 23.3 Å². The van der Waals surface area contributed by atoms with Crippen LogP contribution in [0.1, 0.15) is 12.5 Å². The van der Waals surface area contributed by atoms with Crippen LogP contribution in [0.15, 0.2) is 42.5 Å². The molecule has 0 heterocycles. The molecule has 24 heavy (non-hydrogen) atoms. The van der Waals surface area contributed by atoms with E-state index in [9.17, 15) is 18.4 Å². The molecule has 0 spiro atoms. The summed E-state index contributed by atoms with van der Waals surface area (Å²) in [7, 11) is 0. The molecule has 126 valence electrons. The van der Waals surface area contributed by atoms with E-state index < -0.39 is 29.6 Å². The SMILES string of the molecule is Cc1ccccc1NC(=O)C(C)NC(=O)Nc1ccc(F)cc1F. The van der Waals surface area contributed by atoms with Gasteiger partial charge >= 0.3 is 6.03 Å². The molecule has 7 heteroatoms. The second-order valence-electron chi connectivity index (χ2n) is 5.25. The molecule has 0 saturated heterocycles. The van der Waals surface area contributed by atoms with E-state index in [1.165, 1.54) is 6.92 Å². The van der Waals surface area contributed by atoms with Crippen LogP contribution in [0.25, 0.3) is 0 Å². The molecule has 0 radical (unpaired) electrons. The fourth-order valence-electron chi connectivity index (χ4n) is 1.97. The molecule has 0 fully saturated rings. The van der Waals surface area contributed by atoms with Crippen LogP contribution in [-0.2, 0) is 4.79 Å². The first-order chi connectivity index (χ1) is 11.4. The maximum absolute atomic E-state index is 13.5. The molecule has 0 aliphatic carbocycles. The molecule has 0 aromatic heterocycles. The van der Waals surface area contributed by atoms with Crippen molar-refractivity contribution in [1.29, 1.82) is 0 Å². The van der Waals surface area contributed by atoms with Gasteiger partial charge in [-0.2, -0.15) is 0 Å². The normalized spacial score (nSPS) is 11.5. The summed E-state index contributed by atoms with van der Waals surface area (Å²) in [5, 5.41) is 7.31. The predicted octanol–water partition coefficient (Wildman–Crippen LogP) is 3.42. The van der Waals surface area contributed by atoms with Crippen LogP contribution in [0.3, 0.4) is 0 Å². The van der Waals surface area contributed by atoms with E-state index >= 15 is 0 Å². The van der Waals surface area contributed by atoms with Gasteiger partial charge in [-0.1, -0.05) is 18.2 Å². The monoisotopic (exact) mass is 333 g/mol. The lowest BCUT2D eigenvalue weighted by Gasteiger charge is -2.16. The summed E-state index contributed by atoms with van der Waals surface area (Å²) in [5.74, 6) is -2.06. The molecular weight excluding hydrogens is 316 g/mol. The van der Waals surface area contributed by atoms with E-state index in [4.69, 9.17) is 0 Å². The van der Waals surface area contributed by atoms with Crippen molar-refractivity contribution in [2.24, 2.45) is 0 Å². The molecule has 1 atom stereocenters. The third kappa shape index (κ3) is 4.52. The first kappa shape index (κ1) is 17.4. The Morgan fingerprint density at radius 3 is 2.38 bits per heavy atom. The first-order valence-corrected chi connectivity index (χ1v) is 7.26. The molecule has 0 saturated carbocycles. The van der Waals surface area contributed by atoms with Gasteiger partial charge in [-0.3, -0.25) is 4.79 Å². The Labute approximate surface area is 138 Å². The van der Waals surface area contributed by atoms with E-state index in [1.54, 1.807) is 12.1 Å². The molecule has 0 aliphatic rings. The molecule has 5 nitrogen and oxygen atoms in total. The smallest absolute Gasteiger partial charge is 0.319 e. The number of hydrogen-bond acceptors (Lipinski definition) is 2. The number of anilines is 2. The van der Waals surface area contributed by atoms with Gasteiger partial charge in [0.05, 0.1) is 5.69 Å². The fourth-order valence-corrected chi connectivity index (χ4v) is 1.97. The zero-order chi connectivity index (χ0) is 17.7. The van der Waals surface area contributed by atoms with Crippen molar-refractivity contribution in [3.63, 3.8) is 0 Å². The van der Waals surface area contributed by atoms with Crippen molar-refractivity contribution in [3.05, 3.63) is 59.7 Å². The van der Waals surface area contributed by atoms with Crippen molar-refractivity contribution < 1.29 is 18.4 Å². The van der Waals surface area contributed by atoms with Gasteiger partial charge in [-0.05, 0) is 37.6 Å². The number of carbonyl (C=O) groups excluding carboxylic acids is 2. The maximum Gasteiger partial charge on any atom is 0.319 e. The van der Waals surface area contributed by atoms with Crippen molar-refractivity contribution in [1.82, 2.24) is 5.32 Å². The Morgan fingerprint density at radius 2 is 1.71 bits per heavy atom. The number of para-hydroxylation sites is 1. The molecule has 3 amide bonds. The number of nitrogens with one attached hydrogen (secondary N) is 3. The third-order valence-corrected chi connectivity index (χ3v) is 3.32. The number of aryl methyl sites for hydroxylation is 1. The van der Waals surface area contributed by atoms with Crippen molar-refractivity contribution in [2.45, 2.75) is 19.9 Å². The van der Waals surface area contributed by atoms with Gasteiger partial charge < -0.3 is 16.0 Å². The summed E-state index contributed by atoms with van der Waals surface area (Å²) in [6.07, 6.45) is 0. The van der Waals surface area contributed by atoms with Crippen LogP contribution in [0.4, 0.5) is 25.0 Å². The fraction of sp³-hybridized carbons (Fsp3) is 0.176. The lowest BCUT2D eigenvalue weighted by atomic mass is 10.2. The topological polar surface area (TPSA) is 70.2 Å². The lowest BCUT2D eigenvalue weighted by Crippen LogP contribution is -2.43. The summed E-state index contributed by atoms with van der Waals surface area (Å²) in [4.78, 5) is 23.9. The van der Waals surface area contributed by atoms with Gasteiger partial charge in [0.2, 0.25) is 5.91 Å². The molecule has 2 aromatic carbocycles. The highest BCUT2D eigenvalue weighted by Crippen LogP contribution is 2.15. The van der Waals surface area contributed by atoms with Crippen molar-refractivity contribution in [2.75, 3.05) is 10.6 Å². The molecule has 2 aromatic rings. The van der Waals surface area contributed by atoms with Gasteiger partial charge in [0.15, 0.2) is 0 Å². The zero-order valence-corrected chi connectivity index (χ0v) is 13.2. The van der Waals surface area contributed by atoms with Gasteiger partial charge in [-0.15, -0.1) is 0 Å². The minimum atomic E-state index is -0.901. The van der Waals surface area contributed by atoms with Gasteiger partial charge in [-0.25, -0.2) is 13.6 Å². The van der Waals surface area contributed by atoms with E-state index in [0.717, 1.165) is 17.7 Å². The Morgan fingerprint density at radius 1 is 1.00 bits per heavy atom. The molecule has 2 rings (SSSR count). The second kappa shape index (κ2) is 7.54. The molecule has 1 unspecified atom stereocenters. The Bertz CT molecular complexity index is 765.